The number of aryl methyl sites for hydroxylation is 1. The molecule has 7 nitrogen and oxygen atoms in total. The lowest BCUT2D eigenvalue weighted by Gasteiger charge is -2.34. The molecule has 3 rings (SSSR count). The van der Waals surface area contributed by atoms with Crippen LogP contribution in [0.4, 0.5) is 5.69 Å². The molecule has 0 aliphatic rings. The van der Waals surface area contributed by atoms with Gasteiger partial charge in [0.2, 0.25) is 21.8 Å². The smallest absolute Gasteiger partial charge is 0.244 e. The number of halogens is 3. The second-order valence-corrected chi connectivity index (χ2v) is 13.1. The Kier molecular flexibility index (Phi) is 11.5. The largest absolute Gasteiger partial charge is 0.352 e. The Morgan fingerprint density at radius 3 is 2.15 bits per heavy atom. The van der Waals surface area contributed by atoms with Crippen molar-refractivity contribution in [3.63, 3.8) is 0 Å². The van der Waals surface area contributed by atoms with Crippen molar-refractivity contribution in [2.45, 2.75) is 52.2 Å². The lowest BCUT2D eigenvalue weighted by molar-refractivity contribution is -0.140. The van der Waals surface area contributed by atoms with Gasteiger partial charge in [-0.25, -0.2) is 8.42 Å². The molecule has 0 aromatic heterocycles. The van der Waals surface area contributed by atoms with Crippen LogP contribution < -0.4 is 9.62 Å². The summed E-state index contributed by atoms with van der Waals surface area (Å²) in [4.78, 5) is 29.3. The van der Waals surface area contributed by atoms with E-state index in [4.69, 9.17) is 34.8 Å². The third kappa shape index (κ3) is 9.10. The summed E-state index contributed by atoms with van der Waals surface area (Å²) < 4.78 is 26.8. The number of anilines is 1. The number of carbonyl (C=O) groups is 2. The van der Waals surface area contributed by atoms with Gasteiger partial charge < -0.3 is 10.2 Å². The van der Waals surface area contributed by atoms with E-state index in [0.29, 0.717) is 6.42 Å². The zero-order valence-corrected chi connectivity index (χ0v) is 26.5. The molecular weight excluding hydrogens is 605 g/mol. The molecule has 0 fully saturated rings. The van der Waals surface area contributed by atoms with Gasteiger partial charge in [0.15, 0.2) is 0 Å². The number of nitrogens with zero attached hydrogens (tertiary/aromatic N) is 2. The number of nitrogens with one attached hydrogen (secondary N) is 1. The first kappa shape index (κ1) is 32.7. The first-order chi connectivity index (χ1) is 19.3. The summed E-state index contributed by atoms with van der Waals surface area (Å²) in [6.07, 6.45) is 1.90. The van der Waals surface area contributed by atoms with Crippen LogP contribution in [0.3, 0.4) is 0 Å². The molecule has 11 heteroatoms. The van der Waals surface area contributed by atoms with Crippen molar-refractivity contribution in [3.05, 3.63) is 98.5 Å². The first-order valence-corrected chi connectivity index (χ1v) is 16.1. The van der Waals surface area contributed by atoms with Gasteiger partial charge in [0.05, 0.1) is 27.0 Å². The molecule has 2 amide bonds. The summed E-state index contributed by atoms with van der Waals surface area (Å²) in [6, 6.07) is 18.6. The van der Waals surface area contributed by atoms with Crippen LogP contribution in [0, 0.1) is 6.92 Å². The summed E-state index contributed by atoms with van der Waals surface area (Å²) in [5.74, 6) is -0.915. The minimum Gasteiger partial charge on any atom is -0.352 e. The molecule has 0 saturated heterocycles. The van der Waals surface area contributed by atoms with Crippen LogP contribution in [0.15, 0.2) is 66.7 Å². The fraction of sp³-hybridized carbons (Fsp3) is 0.333. The lowest BCUT2D eigenvalue weighted by atomic mass is 10.0. The van der Waals surface area contributed by atoms with Gasteiger partial charge in [0.25, 0.3) is 0 Å². The van der Waals surface area contributed by atoms with Crippen molar-refractivity contribution < 1.29 is 18.0 Å². The summed E-state index contributed by atoms with van der Waals surface area (Å²) >= 11 is 18.6. The number of benzene rings is 3. The van der Waals surface area contributed by atoms with Crippen LogP contribution in [0.2, 0.25) is 15.1 Å². The zero-order valence-electron chi connectivity index (χ0n) is 23.4. The lowest BCUT2D eigenvalue weighted by Crippen LogP contribution is -2.54. The van der Waals surface area contributed by atoms with E-state index in [9.17, 15) is 18.0 Å². The molecule has 3 aromatic carbocycles. The summed E-state index contributed by atoms with van der Waals surface area (Å²) in [6.45, 7) is 5.26. The molecule has 0 heterocycles. The van der Waals surface area contributed by atoms with E-state index in [1.807, 2.05) is 75.4 Å². The third-order valence-electron chi connectivity index (χ3n) is 6.65. The Balaban J connectivity index is 2.10. The molecule has 1 N–H and O–H groups in total. The van der Waals surface area contributed by atoms with E-state index in [-0.39, 0.29) is 45.7 Å². The number of sulfonamides is 1. The van der Waals surface area contributed by atoms with Gasteiger partial charge in [-0.05, 0) is 43.5 Å². The van der Waals surface area contributed by atoms with Gasteiger partial charge in [0.1, 0.15) is 12.6 Å². The highest BCUT2D eigenvalue weighted by atomic mass is 35.5. The van der Waals surface area contributed by atoms with Crippen molar-refractivity contribution in [1.29, 1.82) is 0 Å². The molecule has 0 aliphatic carbocycles. The first-order valence-electron chi connectivity index (χ1n) is 13.1. The van der Waals surface area contributed by atoms with Gasteiger partial charge in [-0.2, -0.15) is 0 Å². The summed E-state index contributed by atoms with van der Waals surface area (Å²) in [5, 5.41) is 3.24. The molecule has 2 atom stereocenters. The maximum absolute atomic E-state index is 14.2. The fourth-order valence-corrected chi connectivity index (χ4v) is 5.85. The van der Waals surface area contributed by atoms with Crippen LogP contribution >= 0.6 is 34.8 Å². The predicted molar refractivity (Wildman–Crippen MR) is 167 cm³/mol. The van der Waals surface area contributed by atoms with Crippen molar-refractivity contribution in [2.24, 2.45) is 0 Å². The van der Waals surface area contributed by atoms with E-state index in [1.54, 1.807) is 0 Å². The Hall–Kier alpha value is -2.78. The second-order valence-electron chi connectivity index (χ2n) is 10.0. The third-order valence-corrected chi connectivity index (χ3v) is 8.80. The normalized spacial score (nSPS) is 12.9. The van der Waals surface area contributed by atoms with E-state index >= 15 is 0 Å². The van der Waals surface area contributed by atoms with Gasteiger partial charge in [-0.3, -0.25) is 13.9 Å². The minimum atomic E-state index is -4.01. The number of rotatable bonds is 12. The molecule has 0 unspecified atom stereocenters. The molecule has 0 spiro atoms. The van der Waals surface area contributed by atoms with Gasteiger partial charge in [0, 0.05) is 19.0 Å². The topological polar surface area (TPSA) is 86.8 Å². The van der Waals surface area contributed by atoms with E-state index in [0.717, 1.165) is 27.3 Å². The molecule has 3 aromatic rings. The van der Waals surface area contributed by atoms with Crippen molar-refractivity contribution in [3.8, 4) is 0 Å². The molecule has 0 aliphatic heterocycles. The van der Waals surface area contributed by atoms with Crippen LogP contribution in [-0.2, 0) is 32.6 Å². The minimum absolute atomic E-state index is 0.0103. The van der Waals surface area contributed by atoms with Crippen molar-refractivity contribution >= 4 is 62.3 Å². The highest BCUT2D eigenvalue weighted by Crippen LogP contribution is 2.35. The second kappa shape index (κ2) is 14.4. The number of hydrogen-bond acceptors (Lipinski definition) is 4. The maximum atomic E-state index is 14.2. The number of carbonyl (C=O) groups excluding carboxylic acids is 2. The van der Waals surface area contributed by atoms with Crippen LogP contribution in [-0.4, -0.2) is 50.0 Å². The monoisotopic (exact) mass is 637 g/mol. The van der Waals surface area contributed by atoms with Crippen LogP contribution in [0.5, 0.6) is 0 Å². The Morgan fingerprint density at radius 1 is 0.902 bits per heavy atom. The average Bonchev–Trinajstić information content (AvgIpc) is 2.91. The zero-order chi connectivity index (χ0) is 30.3. The Bertz CT molecular complexity index is 1490. The van der Waals surface area contributed by atoms with E-state index < -0.39 is 28.5 Å². The molecule has 220 valence electrons. The number of amides is 2. The molecule has 0 saturated carbocycles. The fourth-order valence-electron chi connectivity index (χ4n) is 4.30. The van der Waals surface area contributed by atoms with E-state index in [1.165, 1.54) is 17.0 Å². The maximum Gasteiger partial charge on any atom is 0.244 e. The van der Waals surface area contributed by atoms with Gasteiger partial charge in [-0.15, -0.1) is 0 Å². The predicted octanol–water partition coefficient (Wildman–Crippen LogP) is 6.28. The van der Waals surface area contributed by atoms with Gasteiger partial charge in [-0.1, -0.05) is 102 Å². The average molecular weight is 639 g/mol. The van der Waals surface area contributed by atoms with Crippen molar-refractivity contribution in [2.75, 3.05) is 17.1 Å². The van der Waals surface area contributed by atoms with E-state index in [2.05, 4.69) is 5.32 Å². The quantitative estimate of drug-likeness (QED) is 0.237. The van der Waals surface area contributed by atoms with Crippen LogP contribution in [0.1, 0.15) is 37.0 Å². The Labute approximate surface area is 257 Å². The molecular formula is C30H34Cl3N3O4S. The van der Waals surface area contributed by atoms with Gasteiger partial charge >= 0.3 is 0 Å². The summed E-state index contributed by atoms with van der Waals surface area (Å²) in [5.41, 5.74) is 2.65. The highest BCUT2D eigenvalue weighted by Gasteiger charge is 2.34. The molecule has 41 heavy (non-hydrogen) atoms. The van der Waals surface area contributed by atoms with Crippen molar-refractivity contribution in [1.82, 2.24) is 10.2 Å². The standard InChI is InChI=1S/C30H34Cl3N3O4S/c1-5-21(3)34-30(38)28(15-22-11-7-6-8-12-22)35(18-23-13-9-10-20(2)14-23)29(37)19-36(41(4,39)40)27-17-25(32)24(31)16-26(27)33/h6-14,16-17,21,28H,5,15,18-19H2,1-4H3,(H,34,38)/t21-,28+/m0/s1. The van der Waals surface area contributed by atoms with Crippen LogP contribution in [0.25, 0.3) is 0 Å². The highest BCUT2D eigenvalue weighted by molar-refractivity contribution is 7.92. The number of hydrogen-bond donors (Lipinski definition) is 1. The Morgan fingerprint density at radius 2 is 1.54 bits per heavy atom. The molecule has 0 radical (unpaired) electrons. The SMILES string of the molecule is CC[C@H](C)NC(=O)[C@@H](Cc1ccccc1)N(Cc1cccc(C)c1)C(=O)CN(c1cc(Cl)c(Cl)cc1Cl)S(C)(=O)=O. The molecule has 0 bridgehead atoms. The summed E-state index contributed by atoms with van der Waals surface area (Å²) in [7, 11) is -4.01.